The highest BCUT2D eigenvalue weighted by atomic mass is 32.2. The standard InChI is InChI=1S/C11H11N3O5S2/c1-7-12-5-8(20-7)6-13-21(18,19)9-2-3-11(15)10(4-9)14(16)17/h2-5,13,15H,6H2,1H3. The Balaban J connectivity index is 2.23. The van der Waals surface area contributed by atoms with E-state index in [1.54, 1.807) is 13.1 Å². The van der Waals surface area contributed by atoms with Crippen LogP contribution in [0, 0.1) is 17.0 Å². The van der Waals surface area contributed by atoms with Crippen LogP contribution in [-0.2, 0) is 16.6 Å². The summed E-state index contributed by atoms with van der Waals surface area (Å²) in [5.41, 5.74) is -0.661. The Labute approximate surface area is 124 Å². The minimum atomic E-state index is -3.91. The van der Waals surface area contributed by atoms with Gasteiger partial charge in [0.25, 0.3) is 0 Å². The van der Waals surface area contributed by atoms with Gasteiger partial charge in [-0.25, -0.2) is 18.1 Å². The van der Waals surface area contributed by atoms with Gasteiger partial charge in [0.1, 0.15) is 0 Å². The van der Waals surface area contributed by atoms with Gasteiger partial charge in [0.05, 0.1) is 14.8 Å². The van der Waals surface area contributed by atoms with Crippen molar-refractivity contribution in [2.24, 2.45) is 0 Å². The van der Waals surface area contributed by atoms with E-state index in [1.165, 1.54) is 11.3 Å². The molecule has 0 saturated carbocycles. The van der Waals surface area contributed by atoms with Crippen LogP contribution >= 0.6 is 11.3 Å². The molecular weight excluding hydrogens is 318 g/mol. The van der Waals surface area contributed by atoms with E-state index < -0.39 is 26.4 Å². The van der Waals surface area contributed by atoms with E-state index in [-0.39, 0.29) is 11.4 Å². The van der Waals surface area contributed by atoms with Gasteiger partial charge in [0.15, 0.2) is 5.75 Å². The number of nitrogens with one attached hydrogen (secondary N) is 1. The van der Waals surface area contributed by atoms with Crippen LogP contribution in [0.4, 0.5) is 5.69 Å². The van der Waals surface area contributed by atoms with Crippen molar-refractivity contribution < 1.29 is 18.4 Å². The highest BCUT2D eigenvalue weighted by Gasteiger charge is 2.21. The maximum Gasteiger partial charge on any atom is 0.312 e. The molecule has 0 radical (unpaired) electrons. The van der Waals surface area contributed by atoms with E-state index in [2.05, 4.69) is 9.71 Å². The molecule has 1 heterocycles. The Kier molecular flexibility index (Phi) is 4.21. The number of phenols is 1. The van der Waals surface area contributed by atoms with Crippen molar-refractivity contribution in [1.29, 1.82) is 0 Å². The van der Waals surface area contributed by atoms with E-state index in [9.17, 15) is 23.6 Å². The van der Waals surface area contributed by atoms with Gasteiger partial charge >= 0.3 is 5.69 Å². The summed E-state index contributed by atoms with van der Waals surface area (Å²) in [6.45, 7) is 1.84. The maximum atomic E-state index is 12.1. The molecule has 112 valence electrons. The smallest absolute Gasteiger partial charge is 0.312 e. The molecule has 0 spiro atoms. The first-order valence-electron chi connectivity index (χ1n) is 5.68. The third kappa shape index (κ3) is 3.54. The summed E-state index contributed by atoms with van der Waals surface area (Å²) in [6, 6.07) is 2.89. The van der Waals surface area contributed by atoms with E-state index in [4.69, 9.17) is 0 Å². The van der Waals surface area contributed by atoms with Gasteiger partial charge in [-0.05, 0) is 19.1 Å². The summed E-state index contributed by atoms with van der Waals surface area (Å²) < 4.78 is 26.5. The molecule has 8 nitrogen and oxygen atoms in total. The molecule has 1 aromatic heterocycles. The molecular formula is C11H11N3O5S2. The number of hydrogen-bond acceptors (Lipinski definition) is 7. The fraction of sp³-hybridized carbons (Fsp3) is 0.182. The predicted molar refractivity (Wildman–Crippen MR) is 75.6 cm³/mol. The average molecular weight is 329 g/mol. The Morgan fingerprint density at radius 2 is 2.19 bits per heavy atom. The zero-order valence-electron chi connectivity index (χ0n) is 10.8. The van der Waals surface area contributed by atoms with Crippen LogP contribution in [0.15, 0.2) is 29.3 Å². The van der Waals surface area contributed by atoms with Gasteiger partial charge in [-0.2, -0.15) is 0 Å². The van der Waals surface area contributed by atoms with Crippen LogP contribution in [-0.4, -0.2) is 23.4 Å². The highest BCUT2D eigenvalue weighted by Crippen LogP contribution is 2.28. The van der Waals surface area contributed by atoms with E-state index >= 15 is 0 Å². The number of thiazole rings is 1. The number of phenolic OH excluding ortho intramolecular Hbond substituents is 1. The third-order valence-corrected chi connectivity index (χ3v) is 4.87. The monoisotopic (exact) mass is 329 g/mol. The zero-order chi connectivity index (χ0) is 15.6. The van der Waals surface area contributed by atoms with Crippen LogP contribution in [0.5, 0.6) is 5.75 Å². The van der Waals surface area contributed by atoms with Crippen molar-refractivity contribution in [3.05, 3.63) is 44.4 Å². The summed E-state index contributed by atoms with van der Waals surface area (Å²) >= 11 is 1.35. The van der Waals surface area contributed by atoms with E-state index in [1.807, 2.05) is 0 Å². The first-order valence-corrected chi connectivity index (χ1v) is 7.98. The van der Waals surface area contributed by atoms with Crippen LogP contribution in [0.2, 0.25) is 0 Å². The summed E-state index contributed by atoms with van der Waals surface area (Å²) in [5.74, 6) is -0.586. The van der Waals surface area contributed by atoms with Gasteiger partial charge in [0.2, 0.25) is 10.0 Å². The van der Waals surface area contributed by atoms with E-state index in [0.717, 1.165) is 28.1 Å². The van der Waals surface area contributed by atoms with Gasteiger partial charge in [-0.1, -0.05) is 0 Å². The Morgan fingerprint density at radius 3 is 2.76 bits per heavy atom. The number of benzene rings is 1. The Morgan fingerprint density at radius 1 is 1.48 bits per heavy atom. The number of sulfonamides is 1. The molecule has 0 bridgehead atoms. The number of nitro benzene ring substituents is 1. The molecule has 1 aromatic carbocycles. The molecule has 0 aliphatic carbocycles. The Hall–Kier alpha value is -2.04. The lowest BCUT2D eigenvalue weighted by molar-refractivity contribution is -0.386. The number of aromatic nitrogens is 1. The maximum absolute atomic E-state index is 12.1. The second-order valence-electron chi connectivity index (χ2n) is 4.08. The quantitative estimate of drug-likeness (QED) is 0.633. The molecule has 0 amide bonds. The summed E-state index contributed by atoms with van der Waals surface area (Å²) in [6.07, 6.45) is 1.56. The molecule has 0 fully saturated rings. The minimum absolute atomic E-state index is 0.0442. The molecule has 0 aliphatic rings. The minimum Gasteiger partial charge on any atom is -0.502 e. The van der Waals surface area contributed by atoms with Crippen molar-refractivity contribution in [1.82, 2.24) is 9.71 Å². The van der Waals surface area contributed by atoms with Crippen LogP contribution < -0.4 is 4.72 Å². The normalized spacial score (nSPS) is 11.5. The van der Waals surface area contributed by atoms with Crippen LogP contribution in [0.3, 0.4) is 0 Å². The topological polar surface area (TPSA) is 122 Å². The zero-order valence-corrected chi connectivity index (χ0v) is 12.4. The lowest BCUT2D eigenvalue weighted by Crippen LogP contribution is -2.22. The fourth-order valence-electron chi connectivity index (χ4n) is 1.55. The second kappa shape index (κ2) is 5.76. The molecule has 0 saturated heterocycles. The lowest BCUT2D eigenvalue weighted by atomic mass is 10.3. The third-order valence-electron chi connectivity index (χ3n) is 2.56. The number of nitrogens with zero attached hydrogens (tertiary/aromatic N) is 2. The average Bonchev–Trinajstić information content (AvgIpc) is 2.82. The predicted octanol–water partition coefficient (Wildman–Crippen LogP) is 1.54. The fourth-order valence-corrected chi connectivity index (χ4v) is 3.41. The SMILES string of the molecule is Cc1ncc(CNS(=O)(=O)c2ccc(O)c([N+](=O)[O-])c2)s1. The number of aryl methyl sites for hydroxylation is 1. The van der Waals surface area contributed by atoms with Gasteiger partial charge in [-0.15, -0.1) is 11.3 Å². The number of nitro groups is 1. The summed E-state index contributed by atoms with van der Waals surface area (Å²) in [4.78, 5) is 14.3. The molecule has 21 heavy (non-hydrogen) atoms. The molecule has 10 heteroatoms. The first kappa shape index (κ1) is 15.4. The largest absolute Gasteiger partial charge is 0.502 e. The van der Waals surface area contributed by atoms with Gasteiger partial charge in [-0.3, -0.25) is 10.1 Å². The highest BCUT2D eigenvalue weighted by molar-refractivity contribution is 7.89. The molecule has 0 aliphatic heterocycles. The number of aromatic hydroxyl groups is 1. The molecule has 0 atom stereocenters. The molecule has 0 unspecified atom stereocenters. The summed E-state index contributed by atoms with van der Waals surface area (Å²) in [5, 5.41) is 20.8. The molecule has 2 aromatic rings. The number of hydrogen-bond donors (Lipinski definition) is 2. The van der Waals surface area contributed by atoms with Crippen molar-refractivity contribution in [3.63, 3.8) is 0 Å². The molecule has 2 rings (SSSR count). The second-order valence-corrected chi connectivity index (χ2v) is 7.16. The first-order chi connectivity index (χ1) is 9.79. The number of rotatable bonds is 5. The van der Waals surface area contributed by atoms with Crippen LogP contribution in [0.1, 0.15) is 9.88 Å². The summed E-state index contributed by atoms with van der Waals surface area (Å²) in [7, 11) is -3.91. The molecule has 2 N–H and O–H groups in total. The van der Waals surface area contributed by atoms with E-state index in [0.29, 0.717) is 0 Å². The Bertz CT molecular complexity index is 785. The van der Waals surface area contributed by atoms with Gasteiger partial charge < -0.3 is 5.11 Å². The lowest BCUT2D eigenvalue weighted by Gasteiger charge is -2.06. The van der Waals surface area contributed by atoms with Gasteiger partial charge in [0, 0.05) is 23.7 Å². The van der Waals surface area contributed by atoms with Crippen molar-refractivity contribution >= 4 is 27.0 Å². The van der Waals surface area contributed by atoms with Crippen molar-refractivity contribution in [2.45, 2.75) is 18.4 Å². The van der Waals surface area contributed by atoms with Crippen molar-refractivity contribution in [3.8, 4) is 5.75 Å². The van der Waals surface area contributed by atoms with Crippen LogP contribution in [0.25, 0.3) is 0 Å². The van der Waals surface area contributed by atoms with Crippen molar-refractivity contribution in [2.75, 3.05) is 0 Å².